The smallest absolute Gasteiger partial charge is 0.169 e. The third-order valence-corrected chi connectivity index (χ3v) is 1.56. The summed E-state index contributed by atoms with van der Waals surface area (Å²) >= 11 is 0. The highest BCUT2D eigenvalue weighted by Crippen LogP contribution is 2.18. The van der Waals surface area contributed by atoms with E-state index in [4.69, 9.17) is 0 Å². The second kappa shape index (κ2) is 3.17. The summed E-state index contributed by atoms with van der Waals surface area (Å²) < 4.78 is 13.1. The van der Waals surface area contributed by atoms with Crippen molar-refractivity contribution in [1.29, 1.82) is 0 Å². The SMILES string of the molecule is C=Cc1[nH]c(C=O)c(F)c1C=C. The van der Waals surface area contributed by atoms with Gasteiger partial charge in [0.15, 0.2) is 12.1 Å². The molecular weight excluding hydrogens is 157 g/mol. The molecule has 0 spiro atoms. The maximum atomic E-state index is 13.1. The molecule has 0 radical (unpaired) electrons. The van der Waals surface area contributed by atoms with Gasteiger partial charge in [-0.15, -0.1) is 0 Å². The van der Waals surface area contributed by atoms with Crippen LogP contribution in [0.1, 0.15) is 21.7 Å². The van der Waals surface area contributed by atoms with Crippen molar-refractivity contribution < 1.29 is 9.18 Å². The first-order chi connectivity index (χ1) is 5.74. The van der Waals surface area contributed by atoms with E-state index in [1.165, 1.54) is 12.2 Å². The second-order valence-corrected chi connectivity index (χ2v) is 2.21. The topological polar surface area (TPSA) is 32.9 Å². The maximum Gasteiger partial charge on any atom is 0.169 e. The van der Waals surface area contributed by atoms with E-state index in [1.807, 2.05) is 0 Å². The van der Waals surface area contributed by atoms with Gasteiger partial charge < -0.3 is 4.98 Å². The normalized spacial score (nSPS) is 9.42. The number of nitrogens with one attached hydrogen (secondary N) is 1. The fourth-order valence-electron chi connectivity index (χ4n) is 0.972. The van der Waals surface area contributed by atoms with Crippen LogP contribution in [0, 0.1) is 5.82 Å². The number of halogens is 1. The predicted molar refractivity (Wildman–Crippen MR) is 46.3 cm³/mol. The third-order valence-electron chi connectivity index (χ3n) is 1.56. The first-order valence-corrected chi connectivity index (χ1v) is 3.36. The number of H-pyrrole nitrogens is 1. The van der Waals surface area contributed by atoms with Crippen LogP contribution in [0.3, 0.4) is 0 Å². The molecule has 0 aliphatic rings. The minimum Gasteiger partial charge on any atom is -0.350 e. The van der Waals surface area contributed by atoms with Gasteiger partial charge in [0.2, 0.25) is 0 Å². The number of aldehydes is 1. The van der Waals surface area contributed by atoms with Gasteiger partial charge in [-0.2, -0.15) is 0 Å². The van der Waals surface area contributed by atoms with Gasteiger partial charge in [-0.25, -0.2) is 4.39 Å². The number of aromatic amines is 1. The molecular formula is C9H8FNO. The number of carbonyl (C=O) groups excluding carboxylic acids is 1. The quantitative estimate of drug-likeness (QED) is 0.684. The van der Waals surface area contributed by atoms with Crippen LogP contribution in [0.25, 0.3) is 12.2 Å². The highest BCUT2D eigenvalue weighted by atomic mass is 19.1. The van der Waals surface area contributed by atoms with Crippen molar-refractivity contribution in [2.75, 3.05) is 0 Å². The van der Waals surface area contributed by atoms with Gasteiger partial charge in [0.05, 0.1) is 0 Å². The van der Waals surface area contributed by atoms with E-state index in [9.17, 15) is 9.18 Å². The first kappa shape index (κ1) is 8.46. The van der Waals surface area contributed by atoms with Crippen molar-refractivity contribution in [2.45, 2.75) is 0 Å². The van der Waals surface area contributed by atoms with Crippen molar-refractivity contribution in [3.63, 3.8) is 0 Å². The summed E-state index contributed by atoms with van der Waals surface area (Å²) in [5, 5.41) is 0. The molecule has 0 bridgehead atoms. The summed E-state index contributed by atoms with van der Waals surface area (Å²) in [5.74, 6) is -0.574. The van der Waals surface area contributed by atoms with Crippen LogP contribution in [0.5, 0.6) is 0 Å². The molecule has 0 saturated carbocycles. The standard InChI is InChI=1S/C9H8FNO/c1-3-6-7(4-2)11-8(5-12)9(6)10/h3-5,11H,1-2H2. The van der Waals surface area contributed by atoms with Crippen molar-refractivity contribution in [2.24, 2.45) is 0 Å². The van der Waals surface area contributed by atoms with Gasteiger partial charge in [0, 0.05) is 11.3 Å². The summed E-state index contributed by atoms with van der Waals surface area (Å²) in [6.07, 6.45) is 3.21. The van der Waals surface area contributed by atoms with Gasteiger partial charge in [-0.05, 0) is 6.08 Å². The fraction of sp³-hybridized carbons (Fsp3) is 0. The van der Waals surface area contributed by atoms with Gasteiger partial charge in [-0.1, -0.05) is 19.2 Å². The third kappa shape index (κ3) is 1.09. The molecule has 12 heavy (non-hydrogen) atoms. The molecule has 62 valence electrons. The molecule has 3 heteroatoms. The highest BCUT2D eigenvalue weighted by molar-refractivity contribution is 5.77. The van der Waals surface area contributed by atoms with E-state index >= 15 is 0 Å². The molecule has 1 N–H and O–H groups in total. The zero-order valence-electron chi connectivity index (χ0n) is 6.43. The van der Waals surface area contributed by atoms with E-state index < -0.39 is 5.82 Å². The average molecular weight is 165 g/mol. The minimum atomic E-state index is -0.574. The van der Waals surface area contributed by atoms with E-state index in [2.05, 4.69) is 18.1 Å². The molecule has 0 aromatic carbocycles. The van der Waals surface area contributed by atoms with Crippen LogP contribution in [0.4, 0.5) is 4.39 Å². The van der Waals surface area contributed by atoms with Crippen LogP contribution in [0.15, 0.2) is 13.2 Å². The molecule has 0 amide bonds. The number of carbonyl (C=O) groups is 1. The molecule has 0 fully saturated rings. The Balaban J connectivity index is 3.41. The summed E-state index contributed by atoms with van der Waals surface area (Å²) in [6, 6.07) is 0. The highest BCUT2D eigenvalue weighted by Gasteiger charge is 2.11. The Morgan fingerprint density at radius 3 is 2.25 bits per heavy atom. The summed E-state index contributed by atoms with van der Waals surface area (Å²) in [4.78, 5) is 12.9. The molecule has 1 aromatic rings. The molecule has 0 atom stereocenters. The Kier molecular flexibility index (Phi) is 2.24. The summed E-state index contributed by atoms with van der Waals surface area (Å²) in [6.45, 7) is 6.89. The van der Waals surface area contributed by atoms with Crippen LogP contribution >= 0.6 is 0 Å². The second-order valence-electron chi connectivity index (χ2n) is 2.21. The molecule has 2 nitrogen and oxygen atoms in total. The lowest BCUT2D eigenvalue weighted by atomic mass is 10.2. The monoisotopic (exact) mass is 165 g/mol. The van der Waals surface area contributed by atoms with Crippen molar-refractivity contribution >= 4 is 18.4 Å². The Bertz CT molecular complexity index is 339. The van der Waals surface area contributed by atoms with E-state index in [0.29, 0.717) is 12.0 Å². The molecule has 0 aliphatic carbocycles. The lowest BCUT2D eigenvalue weighted by Crippen LogP contribution is -1.82. The largest absolute Gasteiger partial charge is 0.350 e. The van der Waals surface area contributed by atoms with Gasteiger partial charge in [0.1, 0.15) is 5.69 Å². The zero-order chi connectivity index (χ0) is 9.14. The van der Waals surface area contributed by atoms with E-state index in [0.717, 1.165) is 0 Å². The van der Waals surface area contributed by atoms with E-state index in [-0.39, 0.29) is 11.3 Å². The van der Waals surface area contributed by atoms with Crippen molar-refractivity contribution in [3.05, 3.63) is 35.9 Å². The van der Waals surface area contributed by atoms with Crippen molar-refractivity contribution in [3.8, 4) is 0 Å². The summed E-state index contributed by atoms with van der Waals surface area (Å²) in [7, 11) is 0. The molecule has 0 unspecified atom stereocenters. The first-order valence-electron chi connectivity index (χ1n) is 3.36. The average Bonchev–Trinajstić information content (AvgIpc) is 2.41. The molecule has 0 saturated heterocycles. The van der Waals surface area contributed by atoms with Gasteiger partial charge >= 0.3 is 0 Å². The molecule has 1 rings (SSSR count). The molecule has 1 heterocycles. The molecule has 0 aliphatic heterocycles. The molecule has 1 aromatic heterocycles. The predicted octanol–water partition coefficient (Wildman–Crippen LogP) is 2.25. The lowest BCUT2D eigenvalue weighted by molar-refractivity contribution is 0.111. The van der Waals surface area contributed by atoms with Crippen LogP contribution in [-0.2, 0) is 0 Å². The van der Waals surface area contributed by atoms with E-state index in [1.54, 1.807) is 0 Å². The number of aromatic nitrogens is 1. The fourth-order valence-corrected chi connectivity index (χ4v) is 0.972. The summed E-state index contributed by atoms with van der Waals surface area (Å²) in [5.41, 5.74) is 0.691. The van der Waals surface area contributed by atoms with Crippen LogP contribution < -0.4 is 0 Å². The van der Waals surface area contributed by atoms with Crippen molar-refractivity contribution in [1.82, 2.24) is 4.98 Å². The Labute approximate surface area is 69.4 Å². The van der Waals surface area contributed by atoms with Crippen LogP contribution in [-0.4, -0.2) is 11.3 Å². The number of rotatable bonds is 3. The minimum absolute atomic E-state index is 0.0696. The van der Waals surface area contributed by atoms with Crippen LogP contribution in [0.2, 0.25) is 0 Å². The lowest BCUT2D eigenvalue weighted by Gasteiger charge is -1.87. The Hall–Kier alpha value is -1.64. The number of hydrogen-bond acceptors (Lipinski definition) is 1. The Morgan fingerprint density at radius 1 is 1.25 bits per heavy atom. The number of hydrogen-bond donors (Lipinski definition) is 1. The zero-order valence-corrected chi connectivity index (χ0v) is 6.43. The maximum absolute atomic E-state index is 13.1. The van der Waals surface area contributed by atoms with Gasteiger partial charge in [0.25, 0.3) is 0 Å². The Morgan fingerprint density at radius 2 is 1.92 bits per heavy atom. The van der Waals surface area contributed by atoms with Gasteiger partial charge in [-0.3, -0.25) is 4.79 Å².